The molecule has 0 spiro atoms. The lowest BCUT2D eigenvalue weighted by molar-refractivity contribution is -0.143. The van der Waals surface area contributed by atoms with E-state index in [0.717, 1.165) is 12.2 Å². The fourth-order valence-electron chi connectivity index (χ4n) is 2.71. The van der Waals surface area contributed by atoms with Gasteiger partial charge in [-0.05, 0) is 41.5 Å². The summed E-state index contributed by atoms with van der Waals surface area (Å²) in [5, 5.41) is 35.6. The van der Waals surface area contributed by atoms with Crippen LogP contribution in [0.15, 0.2) is 12.2 Å². The van der Waals surface area contributed by atoms with Crippen LogP contribution in [0.3, 0.4) is 0 Å². The maximum absolute atomic E-state index is 11.5. The highest BCUT2D eigenvalue weighted by molar-refractivity contribution is 6.18. The number of carbonyl (C=O) groups excluding carboxylic acids is 7. The Hall–Kier alpha value is -4.64. The van der Waals surface area contributed by atoms with Crippen molar-refractivity contribution >= 4 is 54.1 Å². The number of ether oxygens (including phenoxy) is 11. The molecule has 0 amide bonds. The lowest BCUT2D eigenvalue weighted by Crippen LogP contribution is -2.24. The number of aliphatic hydroxyl groups is 4. The van der Waals surface area contributed by atoms with E-state index in [-0.39, 0.29) is 77.3 Å². The fraction of sp³-hybridized carbons (Fsp3) is 0.750. The molecule has 0 bridgehead atoms. The van der Waals surface area contributed by atoms with E-state index in [4.69, 9.17) is 60.4 Å². The summed E-state index contributed by atoms with van der Waals surface area (Å²) >= 11 is 5.49. The second kappa shape index (κ2) is 36.4. The van der Waals surface area contributed by atoms with Crippen LogP contribution < -0.4 is 0 Å². The van der Waals surface area contributed by atoms with Gasteiger partial charge in [-0.3, -0.25) is 4.79 Å². The molecule has 0 saturated heterocycles. The zero-order valence-electron chi connectivity index (χ0n) is 34.9. The van der Waals surface area contributed by atoms with Gasteiger partial charge in [0.2, 0.25) is 0 Å². The number of rotatable bonds is 23. The Morgan fingerprint density at radius 2 is 0.712 bits per heavy atom. The van der Waals surface area contributed by atoms with Gasteiger partial charge in [0, 0.05) is 36.8 Å². The summed E-state index contributed by atoms with van der Waals surface area (Å²) in [5.74, 6) is -1.69. The van der Waals surface area contributed by atoms with Crippen molar-refractivity contribution < 1.29 is 106 Å². The fourth-order valence-corrected chi connectivity index (χ4v) is 2.80. The molecule has 0 aromatic carbocycles. The number of aliphatic hydroxyl groups excluding tert-OH is 4. The number of hydrogen-bond donors (Lipinski definition) is 4. The third-order valence-corrected chi connectivity index (χ3v) is 5.97. The molecule has 0 radical (unpaired) electrons. The lowest BCUT2D eigenvalue weighted by atomic mass is 10.2. The van der Waals surface area contributed by atoms with Crippen molar-refractivity contribution in [3.63, 3.8) is 0 Å². The Morgan fingerprint density at radius 3 is 1.02 bits per heavy atom. The number of hydrogen-bond acceptors (Lipinski definition) is 22. The summed E-state index contributed by atoms with van der Waals surface area (Å²) in [7, 11) is 0. The van der Waals surface area contributed by atoms with Gasteiger partial charge in [-0.2, -0.15) is 0 Å². The predicted octanol–water partition coefficient (Wildman–Crippen LogP) is 2.59. The van der Waals surface area contributed by atoms with Gasteiger partial charge in [-0.1, -0.05) is 13.8 Å². The SMILES string of the molecule is CC(=O)OCC(C)COC(=O)OCC(C)O.CC(O)COC(=O)OC(C)COC(=O)/C=C\C(=O)OCC(C)OC(=O)OCC(C)O.CC(O)COC(=O)OCC(C)CCl. The van der Waals surface area contributed by atoms with Gasteiger partial charge in [-0.15, -0.1) is 11.6 Å². The first-order valence-electron chi connectivity index (χ1n) is 18.2. The van der Waals surface area contributed by atoms with Gasteiger partial charge in [-0.25, -0.2) is 28.8 Å². The molecule has 0 aliphatic rings. The van der Waals surface area contributed by atoms with Gasteiger partial charge in [0.25, 0.3) is 0 Å². The third kappa shape index (κ3) is 45.9. The van der Waals surface area contributed by atoms with Crippen molar-refractivity contribution in [3.05, 3.63) is 12.2 Å². The minimum atomic E-state index is -1.02. The van der Waals surface area contributed by atoms with Crippen molar-refractivity contribution in [3.8, 4) is 0 Å². The summed E-state index contributed by atoms with van der Waals surface area (Å²) in [4.78, 5) is 77.8. The Morgan fingerprint density at radius 1 is 0.424 bits per heavy atom. The molecule has 8 unspecified atom stereocenters. The third-order valence-electron chi connectivity index (χ3n) is 5.45. The molecule has 0 fully saturated rings. The first-order chi connectivity index (χ1) is 27.5. The van der Waals surface area contributed by atoms with Crippen LogP contribution >= 0.6 is 11.6 Å². The van der Waals surface area contributed by atoms with E-state index in [0.29, 0.717) is 5.88 Å². The molecule has 0 aromatic heterocycles. The Labute approximate surface area is 348 Å². The Kier molecular flexibility index (Phi) is 36.2. The van der Waals surface area contributed by atoms with E-state index in [9.17, 15) is 33.6 Å². The molecule has 4 N–H and O–H groups in total. The first kappa shape index (κ1) is 58.7. The van der Waals surface area contributed by atoms with E-state index >= 15 is 0 Å². The van der Waals surface area contributed by atoms with E-state index in [1.807, 2.05) is 6.92 Å². The van der Waals surface area contributed by atoms with Crippen LogP contribution in [0, 0.1) is 11.8 Å². The van der Waals surface area contributed by atoms with E-state index in [2.05, 4.69) is 23.7 Å². The second-order valence-electron chi connectivity index (χ2n) is 12.9. The van der Waals surface area contributed by atoms with E-state index in [1.165, 1.54) is 48.5 Å². The molecule has 59 heavy (non-hydrogen) atoms. The highest BCUT2D eigenvalue weighted by Crippen LogP contribution is 2.02. The molecule has 0 heterocycles. The van der Waals surface area contributed by atoms with Gasteiger partial charge in [0.05, 0.1) is 37.6 Å². The highest BCUT2D eigenvalue weighted by Gasteiger charge is 2.16. The maximum atomic E-state index is 11.5. The van der Waals surface area contributed by atoms with E-state index in [1.54, 1.807) is 6.92 Å². The summed E-state index contributed by atoms with van der Waals surface area (Å²) in [5.41, 5.74) is 0. The molecule has 0 rings (SSSR count). The Balaban J connectivity index is -0.000000901. The monoisotopic (exact) mass is 880 g/mol. The van der Waals surface area contributed by atoms with Crippen LogP contribution in [-0.4, -0.2) is 165 Å². The molecule has 23 heteroatoms. The van der Waals surface area contributed by atoms with Crippen LogP contribution in [0.4, 0.5) is 19.2 Å². The molecule has 0 aliphatic heterocycles. The maximum Gasteiger partial charge on any atom is 0.508 e. The number of esters is 3. The van der Waals surface area contributed by atoms with Crippen molar-refractivity contribution in [2.45, 2.75) is 98.9 Å². The number of alkyl halides is 1. The largest absolute Gasteiger partial charge is 0.508 e. The Bertz CT molecular complexity index is 1170. The van der Waals surface area contributed by atoms with Crippen molar-refractivity contribution in [2.75, 3.05) is 65.3 Å². The van der Waals surface area contributed by atoms with Crippen LogP contribution in [0.2, 0.25) is 0 Å². The average Bonchev–Trinajstić information content (AvgIpc) is 3.15. The summed E-state index contributed by atoms with van der Waals surface area (Å²) in [6.45, 7) is 13.0. The highest BCUT2D eigenvalue weighted by atomic mass is 35.5. The quantitative estimate of drug-likeness (QED) is 0.0496. The molecule has 0 aliphatic carbocycles. The van der Waals surface area contributed by atoms with Crippen LogP contribution in [0.25, 0.3) is 0 Å². The first-order valence-corrected chi connectivity index (χ1v) is 18.7. The average molecular weight is 881 g/mol. The zero-order chi connectivity index (χ0) is 45.9. The second-order valence-corrected chi connectivity index (χ2v) is 13.2. The summed E-state index contributed by atoms with van der Waals surface area (Å²) in [6.07, 6.45) is -6.73. The number of halogens is 1. The van der Waals surface area contributed by atoms with Crippen LogP contribution in [-0.2, 0) is 66.5 Å². The van der Waals surface area contributed by atoms with Gasteiger partial charge in [0.15, 0.2) is 0 Å². The summed E-state index contributed by atoms with van der Waals surface area (Å²) in [6, 6.07) is 0. The smallest absolute Gasteiger partial charge is 0.465 e. The molecule has 0 saturated carbocycles. The van der Waals surface area contributed by atoms with Crippen molar-refractivity contribution in [2.24, 2.45) is 11.8 Å². The molecule has 344 valence electrons. The lowest BCUT2D eigenvalue weighted by Gasteiger charge is -2.13. The van der Waals surface area contributed by atoms with Gasteiger partial charge >= 0.3 is 42.5 Å². The molecule has 22 nitrogen and oxygen atoms in total. The van der Waals surface area contributed by atoms with E-state index < -0.39 is 73.2 Å². The van der Waals surface area contributed by atoms with Gasteiger partial charge in [0.1, 0.15) is 58.5 Å². The minimum Gasteiger partial charge on any atom is -0.465 e. The van der Waals surface area contributed by atoms with Gasteiger partial charge < -0.3 is 72.5 Å². The molecule has 8 atom stereocenters. The zero-order valence-corrected chi connectivity index (χ0v) is 35.6. The minimum absolute atomic E-state index is 0.0475. The standard InChI is InChI=1S/C18H28O12.C10H18O6.C8H15ClO4/c1-11(19)7-27-17(23)29-13(3)9-25-15(21)5-6-16(22)26-10-14(4)30-18(24)28-8-12(2)20;1-7(4-14-9(3)12)5-15-10(13)16-6-8(2)11;1-6(3-9)4-12-8(11)13-5-7(2)10/h5-6,11-14,19-20H,7-10H2,1-4H3;7-8,11H,4-6H2,1-3H3;6-7,10H,3-5H2,1-2H3/b6-5-;;. The molecular formula is C36H61ClO22. The molecule has 0 aromatic rings. The number of carbonyl (C=O) groups is 7. The topological polar surface area (TPSA) is 302 Å². The summed E-state index contributed by atoms with van der Waals surface area (Å²) < 4.78 is 51.5. The van der Waals surface area contributed by atoms with Crippen LogP contribution in [0.1, 0.15) is 62.3 Å². The van der Waals surface area contributed by atoms with Crippen molar-refractivity contribution in [1.29, 1.82) is 0 Å². The normalized spacial score (nSPS) is 14.5. The van der Waals surface area contributed by atoms with Crippen molar-refractivity contribution in [1.82, 2.24) is 0 Å². The van der Waals surface area contributed by atoms with Crippen LogP contribution in [0.5, 0.6) is 0 Å². The predicted molar refractivity (Wildman–Crippen MR) is 202 cm³/mol. The molecular weight excluding hydrogens is 820 g/mol.